The van der Waals surface area contributed by atoms with Gasteiger partial charge in [0.15, 0.2) is 0 Å². The molecule has 1 atom stereocenters. The topological polar surface area (TPSA) is 63.7 Å². The number of ether oxygens (including phenoxy) is 1. The number of hydrogen-bond acceptors (Lipinski definition) is 4. The highest BCUT2D eigenvalue weighted by atomic mass is 16.5. The number of nitrogens with zero attached hydrogens (tertiary/aromatic N) is 1. The maximum absolute atomic E-state index is 12.2. The molecule has 25 heavy (non-hydrogen) atoms. The Labute approximate surface area is 147 Å². The minimum absolute atomic E-state index is 0.0114. The van der Waals surface area contributed by atoms with E-state index in [9.17, 15) is 14.4 Å². The highest BCUT2D eigenvalue weighted by Crippen LogP contribution is 2.20. The molecule has 0 radical (unpaired) electrons. The number of carbonyl (C=O) groups excluding carboxylic acids is 3. The average Bonchev–Trinajstić information content (AvgIpc) is 2.90. The zero-order valence-electron chi connectivity index (χ0n) is 14.0. The van der Waals surface area contributed by atoms with E-state index in [1.165, 1.54) is 12.2 Å². The Balaban J connectivity index is 1.56. The van der Waals surface area contributed by atoms with E-state index >= 15 is 0 Å². The SMILES string of the molecule is O=C(Cc1ccc(N2C(=O)C=CC2=O)cc1)O[C@@H]1CC/C=C/CCC1. The Morgan fingerprint density at radius 3 is 2.40 bits per heavy atom. The second kappa shape index (κ2) is 7.92. The molecule has 0 bridgehead atoms. The van der Waals surface area contributed by atoms with Gasteiger partial charge in [0.25, 0.3) is 11.8 Å². The van der Waals surface area contributed by atoms with E-state index in [0.717, 1.165) is 42.6 Å². The molecule has 5 nitrogen and oxygen atoms in total. The number of benzene rings is 1. The van der Waals surface area contributed by atoms with Crippen molar-refractivity contribution in [3.8, 4) is 0 Å². The Bertz CT molecular complexity index is 700. The van der Waals surface area contributed by atoms with Crippen molar-refractivity contribution in [1.29, 1.82) is 0 Å². The first kappa shape index (κ1) is 17.1. The predicted octanol–water partition coefficient (Wildman–Crippen LogP) is 3.09. The number of esters is 1. The van der Waals surface area contributed by atoms with Gasteiger partial charge in [-0.3, -0.25) is 14.4 Å². The minimum Gasteiger partial charge on any atom is -0.462 e. The molecule has 0 saturated heterocycles. The molecule has 1 heterocycles. The van der Waals surface area contributed by atoms with E-state index in [4.69, 9.17) is 4.74 Å². The van der Waals surface area contributed by atoms with Crippen LogP contribution in [0.25, 0.3) is 0 Å². The fourth-order valence-corrected chi connectivity index (χ4v) is 3.06. The van der Waals surface area contributed by atoms with Crippen LogP contribution in [-0.2, 0) is 25.5 Å². The first-order valence-electron chi connectivity index (χ1n) is 8.63. The summed E-state index contributed by atoms with van der Waals surface area (Å²) in [5, 5.41) is 0. The number of rotatable bonds is 4. The molecule has 5 heteroatoms. The largest absolute Gasteiger partial charge is 0.462 e. The quantitative estimate of drug-likeness (QED) is 0.480. The normalized spacial score (nSPS) is 21.8. The summed E-state index contributed by atoms with van der Waals surface area (Å²) in [6.45, 7) is 0. The average molecular weight is 339 g/mol. The summed E-state index contributed by atoms with van der Waals surface area (Å²) >= 11 is 0. The van der Waals surface area contributed by atoms with Gasteiger partial charge >= 0.3 is 5.97 Å². The van der Waals surface area contributed by atoms with Crippen molar-refractivity contribution in [2.45, 2.75) is 44.6 Å². The third kappa shape index (κ3) is 4.44. The first-order chi connectivity index (χ1) is 12.1. The van der Waals surface area contributed by atoms with E-state index in [1.807, 2.05) is 0 Å². The number of amides is 2. The Morgan fingerprint density at radius 2 is 1.68 bits per heavy atom. The summed E-state index contributed by atoms with van der Waals surface area (Å²) < 4.78 is 5.59. The molecular formula is C20H21NO4. The fourth-order valence-electron chi connectivity index (χ4n) is 3.06. The van der Waals surface area contributed by atoms with Gasteiger partial charge in [0.2, 0.25) is 0 Å². The lowest BCUT2D eigenvalue weighted by molar-refractivity contribution is -0.149. The molecule has 0 fully saturated rings. The number of carbonyl (C=O) groups is 3. The summed E-state index contributed by atoms with van der Waals surface area (Å²) in [6, 6.07) is 6.84. The Morgan fingerprint density at radius 1 is 1.00 bits per heavy atom. The summed E-state index contributed by atoms with van der Waals surface area (Å²) in [5.41, 5.74) is 1.30. The van der Waals surface area contributed by atoms with Crippen molar-refractivity contribution < 1.29 is 19.1 Å². The third-order valence-corrected chi connectivity index (χ3v) is 4.37. The van der Waals surface area contributed by atoms with Crippen LogP contribution in [0.2, 0.25) is 0 Å². The van der Waals surface area contributed by atoms with E-state index in [2.05, 4.69) is 12.2 Å². The van der Waals surface area contributed by atoms with Gasteiger partial charge in [0, 0.05) is 12.2 Å². The fraction of sp³-hybridized carbons (Fsp3) is 0.350. The maximum Gasteiger partial charge on any atom is 0.310 e. The molecule has 2 aliphatic rings. The van der Waals surface area contributed by atoms with Gasteiger partial charge in [0.05, 0.1) is 12.1 Å². The molecule has 0 saturated carbocycles. The van der Waals surface area contributed by atoms with Crippen LogP contribution >= 0.6 is 0 Å². The molecule has 1 aliphatic heterocycles. The molecule has 1 aliphatic carbocycles. The number of anilines is 1. The van der Waals surface area contributed by atoms with Crippen LogP contribution < -0.4 is 4.90 Å². The minimum atomic E-state index is -0.351. The van der Waals surface area contributed by atoms with E-state index in [0.29, 0.717) is 5.69 Å². The Hall–Kier alpha value is -2.69. The smallest absolute Gasteiger partial charge is 0.310 e. The molecule has 1 aromatic carbocycles. The number of imide groups is 1. The van der Waals surface area contributed by atoms with Gasteiger partial charge in [-0.1, -0.05) is 24.3 Å². The van der Waals surface area contributed by atoms with Gasteiger partial charge in [-0.15, -0.1) is 0 Å². The molecule has 130 valence electrons. The second-order valence-corrected chi connectivity index (χ2v) is 6.28. The lowest BCUT2D eigenvalue weighted by atomic mass is 10.0. The van der Waals surface area contributed by atoms with Gasteiger partial charge < -0.3 is 4.74 Å². The summed E-state index contributed by atoms with van der Waals surface area (Å²) in [7, 11) is 0. The molecule has 0 spiro atoms. The molecule has 0 unspecified atom stereocenters. The zero-order chi connectivity index (χ0) is 17.6. The van der Waals surface area contributed by atoms with Crippen molar-refractivity contribution in [1.82, 2.24) is 0 Å². The first-order valence-corrected chi connectivity index (χ1v) is 8.63. The van der Waals surface area contributed by atoms with Crippen molar-refractivity contribution >= 4 is 23.5 Å². The van der Waals surface area contributed by atoms with Gasteiger partial charge in [-0.2, -0.15) is 0 Å². The van der Waals surface area contributed by atoms with Crippen LogP contribution in [-0.4, -0.2) is 23.9 Å². The maximum atomic E-state index is 12.2. The summed E-state index contributed by atoms with van der Waals surface area (Å²) in [4.78, 5) is 36.6. The van der Waals surface area contributed by atoms with Crippen LogP contribution in [0.1, 0.15) is 37.7 Å². The Kier molecular flexibility index (Phi) is 5.43. The van der Waals surface area contributed by atoms with Gasteiger partial charge in [-0.05, 0) is 49.8 Å². The van der Waals surface area contributed by atoms with Gasteiger partial charge in [-0.25, -0.2) is 4.90 Å². The highest BCUT2D eigenvalue weighted by Gasteiger charge is 2.25. The van der Waals surface area contributed by atoms with Gasteiger partial charge in [0.1, 0.15) is 6.10 Å². The molecule has 2 amide bonds. The molecule has 0 aromatic heterocycles. The molecule has 3 rings (SSSR count). The van der Waals surface area contributed by atoms with Crippen molar-refractivity contribution in [3.05, 3.63) is 54.1 Å². The lowest BCUT2D eigenvalue weighted by Gasteiger charge is -2.18. The van der Waals surface area contributed by atoms with Crippen LogP contribution in [0.4, 0.5) is 5.69 Å². The standard InChI is InChI=1S/C20H21NO4/c22-18-12-13-19(23)21(18)16-10-8-15(9-11-16)14-20(24)25-17-6-4-2-1-3-5-7-17/h1-2,8-13,17H,3-7,14H2/b2-1+/t17-/m1/s1. The summed E-state index contributed by atoms with van der Waals surface area (Å²) in [5.74, 6) is -0.941. The molecule has 0 N–H and O–H groups in total. The highest BCUT2D eigenvalue weighted by molar-refractivity contribution is 6.28. The predicted molar refractivity (Wildman–Crippen MR) is 93.9 cm³/mol. The zero-order valence-corrected chi connectivity index (χ0v) is 14.0. The number of hydrogen-bond donors (Lipinski definition) is 0. The van der Waals surface area contributed by atoms with Crippen molar-refractivity contribution in [2.75, 3.05) is 4.90 Å². The summed E-state index contributed by atoms with van der Waals surface area (Å²) in [6.07, 6.45) is 11.8. The van der Waals surface area contributed by atoms with Crippen LogP contribution in [0.5, 0.6) is 0 Å². The van der Waals surface area contributed by atoms with Crippen LogP contribution in [0, 0.1) is 0 Å². The second-order valence-electron chi connectivity index (χ2n) is 6.28. The van der Waals surface area contributed by atoms with E-state index in [-0.39, 0.29) is 30.3 Å². The van der Waals surface area contributed by atoms with E-state index < -0.39 is 0 Å². The number of allylic oxidation sites excluding steroid dienone is 2. The monoisotopic (exact) mass is 339 g/mol. The van der Waals surface area contributed by atoms with Crippen LogP contribution in [0.3, 0.4) is 0 Å². The molecule has 1 aromatic rings. The third-order valence-electron chi connectivity index (χ3n) is 4.37. The van der Waals surface area contributed by atoms with E-state index in [1.54, 1.807) is 24.3 Å². The van der Waals surface area contributed by atoms with Crippen LogP contribution in [0.15, 0.2) is 48.6 Å². The van der Waals surface area contributed by atoms with Crippen molar-refractivity contribution in [2.24, 2.45) is 0 Å². The molecular weight excluding hydrogens is 318 g/mol. The van der Waals surface area contributed by atoms with Crippen molar-refractivity contribution in [3.63, 3.8) is 0 Å². The lowest BCUT2D eigenvalue weighted by Crippen LogP contribution is -2.29.